The van der Waals surface area contributed by atoms with Crippen molar-refractivity contribution in [2.24, 2.45) is 5.73 Å². The number of aliphatic hydroxyl groups excluding tert-OH is 1. The second kappa shape index (κ2) is 8.11. The van der Waals surface area contributed by atoms with Crippen LogP contribution in [0.5, 0.6) is 0 Å². The van der Waals surface area contributed by atoms with Gasteiger partial charge in [-0.25, -0.2) is 15.0 Å². The topological polar surface area (TPSA) is 151 Å². The predicted molar refractivity (Wildman–Crippen MR) is 103 cm³/mol. The number of benzene rings is 1. The first-order valence-corrected chi connectivity index (χ1v) is 9.26. The zero-order valence-corrected chi connectivity index (χ0v) is 15.6. The molecule has 29 heavy (non-hydrogen) atoms. The minimum absolute atomic E-state index is 0.264. The average Bonchev–Trinajstić information content (AvgIpc) is 3.33. The summed E-state index contributed by atoms with van der Waals surface area (Å²) in [5.74, 6) is -0.274. The summed E-state index contributed by atoms with van der Waals surface area (Å²) in [5.41, 5.74) is 13.7. The molecule has 0 spiro atoms. The van der Waals surface area contributed by atoms with Gasteiger partial charge in [0.1, 0.15) is 36.3 Å². The van der Waals surface area contributed by atoms with Gasteiger partial charge in [0.05, 0.1) is 12.9 Å². The summed E-state index contributed by atoms with van der Waals surface area (Å²) >= 11 is 0. The van der Waals surface area contributed by atoms with E-state index < -0.39 is 30.4 Å². The number of carbonyl (C=O) groups is 1. The van der Waals surface area contributed by atoms with E-state index in [9.17, 15) is 9.90 Å². The SMILES string of the molecule is Nc1ncnc2c1ncn2[C@H]1C[C@H](OC(=O)[C@@H](N)Cc2ccccc2)[C@@H](CO)O1. The molecule has 1 fully saturated rings. The highest BCUT2D eigenvalue weighted by atomic mass is 16.6. The lowest BCUT2D eigenvalue weighted by Crippen LogP contribution is -2.39. The fraction of sp³-hybridized carbons (Fsp3) is 0.368. The third kappa shape index (κ3) is 3.90. The number of fused-ring (bicyclic) bond motifs is 1. The maximum Gasteiger partial charge on any atom is 0.323 e. The van der Waals surface area contributed by atoms with Gasteiger partial charge in [0.2, 0.25) is 0 Å². The molecule has 4 rings (SSSR count). The zero-order valence-electron chi connectivity index (χ0n) is 15.6. The third-order valence-electron chi connectivity index (χ3n) is 4.93. The van der Waals surface area contributed by atoms with Gasteiger partial charge in [0, 0.05) is 6.42 Å². The number of nitrogens with two attached hydrogens (primary N) is 2. The summed E-state index contributed by atoms with van der Waals surface area (Å²) in [6, 6.07) is 8.66. The summed E-state index contributed by atoms with van der Waals surface area (Å²) in [5, 5.41) is 9.68. The highest BCUT2D eigenvalue weighted by Gasteiger charge is 2.39. The molecule has 0 aliphatic carbocycles. The Kier molecular flexibility index (Phi) is 5.38. The fourth-order valence-corrected chi connectivity index (χ4v) is 3.43. The van der Waals surface area contributed by atoms with E-state index in [-0.39, 0.29) is 12.4 Å². The van der Waals surface area contributed by atoms with Crippen LogP contribution in [-0.2, 0) is 20.7 Å². The molecule has 1 aliphatic rings. The number of hydrogen-bond acceptors (Lipinski definition) is 9. The van der Waals surface area contributed by atoms with Gasteiger partial charge in [-0.05, 0) is 12.0 Å². The first kappa shape index (κ1) is 19.2. The highest BCUT2D eigenvalue weighted by Crippen LogP contribution is 2.33. The molecule has 1 aromatic carbocycles. The Bertz CT molecular complexity index is 995. The molecule has 0 radical (unpaired) electrons. The predicted octanol–water partition coefficient (Wildman–Crippen LogP) is 0.170. The second-order valence-electron chi connectivity index (χ2n) is 6.90. The summed E-state index contributed by atoms with van der Waals surface area (Å²) in [7, 11) is 0. The van der Waals surface area contributed by atoms with Gasteiger partial charge in [-0.3, -0.25) is 9.36 Å². The number of aliphatic hydroxyl groups is 1. The number of imidazole rings is 1. The Hall–Kier alpha value is -3.08. The standard InChI is InChI=1S/C19H22N6O4/c20-12(6-11-4-2-1-3-5-11)19(27)29-13-7-15(28-14(13)8-26)25-10-24-16-17(21)22-9-23-18(16)25/h1-5,9-10,12-15,26H,6-8,20H2,(H2,21,22,23)/t12-,13-,14+,15+/m0/s1. The molecule has 10 heteroatoms. The average molecular weight is 398 g/mol. The normalized spacial score (nSPS) is 22.6. The molecule has 1 saturated heterocycles. The molecule has 3 heterocycles. The largest absolute Gasteiger partial charge is 0.458 e. The van der Waals surface area contributed by atoms with Crippen LogP contribution in [0.25, 0.3) is 11.2 Å². The number of aromatic nitrogens is 4. The zero-order chi connectivity index (χ0) is 20.4. The van der Waals surface area contributed by atoms with Gasteiger partial charge in [-0.1, -0.05) is 30.3 Å². The van der Waals surface area contributed by atoms with Crippen LogP contribution in [-0.4, -0.2) is 55.5 Å². The number of nitrogens with zero attached hydrogens (tertiary/aromatic N) is 4. The van der Waals surface area contributed by atoms with Crippen molar-refractivity contribution in [2.45, 2.75) is 37.3 Å². The lowest BCUT2D eigenvalue weighted by atomic mass is 10.1. The quantitative estimate of drug-likeness (QED) is 0.493. The van der Waals surface area contributed by atoms with Crippen molar-refractivity contribution in [1.29, 1.82) is 0 Å². The molecular formula is C19H22N6O4. The minimum atomic E-state index is -0.808. The lowest BCUT2D eigenvalue weighted by Gasteiger charge is -2.19. The van der Waals surface area contributed by atoms with E-state index in [2.05, 4.69) is 15.0 Å². The number of esters is 1. The molecule has 1 aliphatic heterocycles. The summed E-state index contributed by atoms with van der Waals surface area (Å²) in [4.78, 5) is 24.8. The first-order valence-electron chi connectivity index (χ1n) is 9.26. The van der Waals surface area contributed by atoms with Crippen molar-refractivity contribution in [1.82, 2.24) is 19.5 Å². The molecule has 2 aromatic heterocycles. The summed E-state index contributed by atoms with van der Waals surface area (Å²) in [6.07, 6.45) is 1.73. The number of ether oxygens (including phenoxy) is 2. The number of nitrogen functional groups attached to an aromatic ring is 1. The molecule has 152 valence electrons. The van der Waals surface area contributed by atoms with Crippen LogP contribution in [0.1, 0.15) is 18.2 Å². The first-order chi connectivity index (χ1) is 14.1. The maximum absolute atomic E-state index is 12.5. The Morgan fingerprint density at radius 1 is 1.31 bits per heavy atom. The van der Waals surface area contributed by atoms with Crippen LogP contribution in [0.2, 0.25) is 0 Å². The van der Waals surface area contributed by atoms with E-state index in [1.807, 2.05) is 30.3 Å². The maximum atomic E-state index is 12.5. The smallest absolute Gasteiger partial charge is 0.323 e. The molecule has 0 amide bonds. The van der Waals surface area contributed by atoms with Crippen LogP contribution in [0.15, 0.2) is 43.0 Å². The van der Waals surface area contributed by atoms with E-state index in [0.717, 1.165) is 5.56 Å². The van der Waals surface area contributed by atoms with E-state index in [4.69, 9.17) is 20.9 Å². The van der Waals surface area contributed by atoms with Gasteiger partial charge in [0.15, 0.2) is 11.5 Å². The van der Waals surface area contributed by atoms with Gasteiger partial charge >= 0.3 is 5.97 Å². The molecule has 0 bridgehead atoms. The number of hydrogen-bond donors (Lipinski definition) is 3. The van der Waals surface area contributed by atoms with Crippen LogP contribution in [0, 0.1) is 0 Å². The van der Waals surface area contributed by atoms with E-state index in [1.54, 1.807) is 10.9 Å². The monoisotopic (exact) mass is 398 g/mol. The molecule has 5 N–H and O–H groups in total. The van der Waals surface area contributed by atoms with Crippen LogP contribution >= 0.6 is 0 Å². The van der Waals surface area contributed by atoms with Gasteiger partial charge in [0.25, 0.3) is 0 Å². The van der Waals surface area contributed by atoms with Gasteiger partial charge < -0.3 is 26.0 Å². The van der Waals surface area contributed by atoms with Crippen LogP contribution in [0.3, 0.4) is 0 Å². The van der Waals surface area contributed by atoms with Crippen molar-refractivity contribution >= 4 is 23.0 Å². The molecule has 0 saturated carbocycles. The molecular weight excluding hydrogens is 376 g/mol. The molecule has 0 unspecified atom stereocenters. The molecule has 3 aromatic rings. The fourth-order valence-electron chi connectivity index (χ4n) is 3.43. The van der Waals surface area contributed by atoms with Crippen molar-refractivity contribution < 1.29 is 19.4 Å². The molecule has 10 nitrogen and oxygen atoms in total. The van der Waals surface area contributed by atoms with Crippen LogP contribution in [0.4, 0.5) is 5.82 Å². The number of carbonyl (C=O) groups excluding carboxylic acids is 1. The van der Waals surface area contributed by atoms with E-state index in [0.29, 0.717) is 24.0 Å². The minimum Gasteiger partial charge on any atom is -0.458 e. The summed E-state index contributed by atoms with van der Waals surface area (Å²) < 4.78 is 13.1. The van der Waals surface area contributed by atoms with E-state index in [1.165, 1.54) is 6.33 Å². The number of anilines is 1. The Balaban J connectivity index is 1.45. The highest BCUT2D eigenvalue weighted by molar-refractivity contribution is 5.81. The van der Waals surface area contributed by atoms with Gasteiger partial charge in [-0.2, -0.15) is 0 Å². The Labute approximate surface area is 166 Å². The second-order valence-corrected chi connectivity index (χ2v) is 6.90. The Morgan fingerprint density at radius 2 is 2.10 bits per heavy atom. The Morgan fingerprint density at radius 3 is 2.86 bits per heavy atom. The van der Waals surface area contributed by atoms with Crippen molar-refractivity contribution in [3.63, 3.8) is 0 Å². The summed E-state index contributed by atoms with van der Waals surface area (Å²) in [6.45, 7) is -0.299. The van der Waals surface area contributed by atoms with Gasteiger partial charge in [-0.15, -0.1) is 0 Å². The third-order valence-corrected chi connectivity index (χ3v) is 4.93. The molecule has 4 atom stereocenters. The number of rotatable bonds is 6. The van der Waals surface area contributed by atoms with Crippen molar-refractivity contribution in [3.05, 3.63) is 48.5 Å². The van der Waals surface area contributed by atoms with Crippen LogP contribution < -0.4 is 11.5 Å². The van der Waals surface area contributed by atoms with Crippen molar-refractivity contribution in [2.75, 3.05) is 12.3 Å². The lowest BCUT2D eigenvalue weighted by molar-refractivity contribution is -0.154. The van der Waals surface area contributed by atoms with Crippen molar-refractivity contribution in [3.8, 4) is 0 Å². The van der Waals surface area contributed by atoms with E-state index >= 15 is 0 Å².